The van der Waals surface area contributed by atoms with Gasteiger partial charge in [-0.1, -0.05) is 31.5 Å². The molecule has 2 N–H and O–H groups in total. The van der Waals surface area contributed by atoms with Gasteiger partial charge >= 0.3 is 0 Å². The summed E-state index contributed by atoms with van der Waals surface area (Å²) in [4.78, 5) is 11.8. The van der Waals surface area contributed by atoms with Crippen molar-refractivity contribution < 1.29 is 4.79 Å². The van der Waals surface area contributed by atoms with Gasteiger partial charge in [0.2, 0.25) is 5.91 Å². The zero-order valence-electron chi connectivity index (χ0n) is 11.9. The van der Waals surface area contributed by atoms with Crippen molar-refractivity contribution in [3.8, 4) is 6.07 Å². The van der Waals surface area contributed by atoms with Crippen molar-refractivity contribution in [2.24, 2.45) is 5.92 Å². The molecule has 0 aliphatic rings. The molecule has 0 heterocycles. The van der Waals surface area contributed by atoms with E-state index >= 15 is 0 Å². The highest BCUT2D eigenvalue weighted by Gasteiger charge is 2.29. The minimum absolute atomic E-state index is 0.0563. The van der Waals surface area contributed by atoms with Gasteiger partial charge in [-0.15, -0.1) is 0 Å². The van der Waals surface area contributed by atoms with Gasteiger partial charge in [0.15, 0.2) is 0 Å². The maximum atomic E-state index is 11.8. The molecule has 102 valence electrons. The predicted octanol–water partition coefficient (Wildman–Crippen LogP) is 2.46. The molecule has 0 bridgehead atoms. The van der Waals surface area contributed by atoms with E-state index in [4.69, 9.17) is 5.26 Å². The molecule has 0 spiro atoms. The van der Waals surface area contributed by atoms with Crippen LogP contribution in [0.5, 0.6) is 0 Å². The highest BCUT2D eigenvalue weighted by atomic mass is 16.2. The van der Waals surface area contributed by atoms with Crippen LogP contribution in [0, 0.1) is 24.2 Å². The molecule has 0 fully saturated rings. The number of nitrogens with zero attached hydrogens (tertiary/aromatic N) is 1. The highest BCUT2D eigenvalue weighted by Crippen LogP contribution is 2.15. The van der Waals surface area contributed by atoms with Gasteiger partial charge in [0.1, 0.15) is 5.54 Å². The van der Waals surface area contributed by atoms with Gasteiger partial charge in [0.05, 0.1) is 12.6 Å². The van der Waals surface area contributed by atoms with Crippen LogP contribution in [0.15, 0.2) is 24.3 Å². The van der Waals surface area contributed by atoms with Crippen molar-refractivity contribution in [1.82, 2.24) is 5.32 Å². The monoisotopic (exact) mass is 259 g/mol. The fourth-order valence-electron chi connectivity index (χ4n) is 1.49. The summed E-state index contributed by atoms with van der Waals surface area (Å²) < 4.78 is 0. The zero-order chi connectivity index (χ0) is 14.5. The van der Waals surface area contributed by atoms with Crippen LogP contribution in [0.3, 0.4) is 0 Å². The average molecular weight is 259 g/mol. The largest absolute Gasteiger partial charge is 0.376 e. The van der Waals surface area contributed by atoms with Gasteiger partial charge < -0.3 is 10.6 Å². The first kappa shape index (κ1) is 15.0. The van der Waals surface area contributed by atoms with Gasteiger partial charge in [-0.25, -0.2) is 0 Å². The second kappa shape index (κ2) is 6.24. The molecule has 1 amide bonds. The van der Waals surface area contributed by atoms with E-state index in [0.717, 1.165) is 5.69 Å². The number of aryl methyl sites for hydroxylation is 1. The third-order valence-electron chi connectivity index (χ3n) is 3.29. The van der Waals surface area contributed by atoms with Gasteiger partial charge in [0, 0.05) is 5.69 Å². The lowest BCUT2D eigenvalue weighted by atomic mass is 9.90. The van der Waals surface area contributed by atoms with Gasteiger partial charge in [-0.05, 0) is 31.9 Å². The summed E-state index contributed by atoms with van der Waals surface area (Å²) in [7, 11) is 0. The molecular weight excluding hydrogens is 238 g/mol. The molecule has 0 unspecified atom stereocenters. The van der Waals surface area contributed by atoms with Gasteiger partial charge in [-0.2, -0.15) is 5.26 Å². The van der Waals surface area contributed by atoms with E-state index in [0.29, 0.717) is 0 Å². The van der Waals surface area contributed by atoms with Crippen LogP contribution >= 0.6 is 0 Å². The Morgan fingerprint density at radius 1 is 1.37 bits per heavy atom. The van der Waals surface area contributed by atoms with Crippen LogP contribution in [-0.4, -0.2) is 18.0 Å². The molecule has 0 aliphatic heterocycles. The molecule has 19 heavy (non-hydrogen) atoms. The number of nitriles is 1. The van der Waals surface area contributed by atoms with Crippen molar-refractivity contribution in [2.75, 3.05) is 11.9 Å². The number of hydrogen-bond donors (Lipinski definition) is 2. The summed E-state index contributed by atoms with van der Waals surface area (Å²) in [6.45, 7) is 7.74. The minimum atomic E-state index is -0.827. The molecular formula is C15H21N3O. The van der Waals surface area contributed by atoms with E-state index < -0.39 is 5.54 Å². The third kappa shape index (κ3) is 4.29. The second-order valence-corrected chi connectivity index (χ2v) is 5.24. The number of carbonyl (C=O) groups is 1. The second-order valence-electron chi connectivity index (χ2n) is 5.24. The Morgan fingerprint density at radius 3 is 2.42 bits per heavy atom. The predicted molar refractivity (Wildman–Crippen MR) is 76.7 cm³/mol. The van der Waals surface area contributed by atoms with Crippen molar-refractivity contribution in [2.45, 2.75) is 33.2 Å². The normalized spacial score (nSPS) is 13.5. The molecule has 1 rings (SSSR count). The Morgan fingerprint density at radius 2 is 1.95 bits per heavy atom. The fourth-order valence-corrected chi connectivity index (χ4v) is 1.49. The zero-order valence-corrected chi connectivity index (χ0v) is 11.9. The van der Waals surface area contributed by atoms with E-state index in [1.807, 2.05) is 45.0 Å². The topological polar surface area (TPSA) is 64.9 Å². The Bertz CT molecular complexity index is 473. The van der Waals surface area contributed by atoms with Crippen molar-refractivity contribution >= 4 is 11.6 Å². The van der Waals surface area contributed by atoms with E-state index in [1.165, 1.54) is 5.56 Å². The number of nitrogens with one attached hydrogen (secondary N) is 2. The summed E-state index contributed by atoms with van der Waals surface area (Å²) in [5.74, 6) is -0.126. The molecule has 0 aliphatic carbocycles. The van der Waals surface area contributed by atoms with Gasteiger partial charge in [-0.3, -0.25) is 4.79 Å². The third-order valence-corrected chi connectivity index (χ3v) is 3.29. The van der Waals surface area contributed by atoms with Crippen molar-refractivity contribution in [3.05, 3.63) is 29.8 Å². The SMILES string of the molecule is Cc1ccc(NCC(=O)N[C@@](C)(C#N)C(C)C)cc1. The lowest BCUT2D eigenvalue weighted by Crippen LogP contribution is -2.50. The van der Waals surface area contributed by atoms with Gasteiger partial charge in [0.25, 0.3) is 0 Å². The van der Waals surface area contributed by atoms with Crippen LogP contribution in [0.25, 0.3) is 0 Å². The Labute approximate surface area is 114 Å². The van der Waals surface area contributed by atoms with E-state index in [9.17, 15) is 4.79 Å². The molecule has 4 heteroatoms. The quantitative estimate of drug-likeness (QED) is 0.853. The van der Waals surface area contributed by atoms with Crippen LogP contribution in [0.1, 0.15) is 26.3 Å². The molecule has 1 atom stereocenters. The molecule has 0 saturated carbocycles. The first-order chi connectivity index (χ1) is 8.87. The first-order valence-electron chi connectivity index (χ1n) is 6.40. The van der Waals surface area contributed by atoms with Crippen LogP contribution in [0.4, 0.5) is 5.69 Å². The number of hydrogen-bond acceptors (Lipinski definition) is 3. The standard InChI is InChI=1S/C15H21N3O/c1-11(2)15(4,10-16)18-14(19)9-17-13-7-5-12(3)6-8-13/h5-8,11,17H,9H2,1-4H3,(H,18,19)/t15-/m0/s1. The Kier molecular flexibility index (Phi) is 4.94. The Balaban J connectivity index is 2.53. The van der Waals surface area contributed by atoms with Crippen LogP contribution < -0.4 is 10.6 Å². The maximum Gasteiger partial charge on any atom is 0.240 e. The molecule has 4 nitrogen and oxygen atoms in total. The molecule has 1 aromatic carbocycles. The summed E-state index contributed by atoms with van der Waals surface area (Å²) in [6.07, 6.45) is 0. The average Bonchev–Trinajstić information content (AvgIpc) is 2.37. The summed E-state index contributed by atoms with van der Waals surface area (Å²) in [6, 6.07) is 9.96. The summed E-state index contributed by atoms with van der Waals surface area (Å²) >= 11 is 0. The van der Waals surface area contributed by atoms with E-state index in [2.05, 4.69) is 16.7 Å². The van der Waals surface area contributed by atoms with E-state index in [-0.39, 0.29) is 18.4 Å². The lowest BCUT2D eigenvalue weighted by molar-refractivity contribution is -0.121. The molecule has 1 aromatic rings. The maximum absolute atomic E-state index is 11.8. The highest BCUT2D eigenvalue weighted by molar-refractivity contribution is 5.81. The first-order valence-corrected chi connectivity index (χ1v) is 6.40. The number of amides is 1. The molecule has 0 saturated heterocycles. The molecule has 0 radical (unpaired) electrons. The summed E-state index contributed by atoms with van der Waals surface area (Å²) in [5, 5.41) is 14.9. The van der Waals surface area contributed by atoms with Crippen LogP contribution in [0.2, 0.25) is 0 Å². The Hall–Kier alpha value is -2.02. The van der Waals surface area contributed by atoms with Crippen LogP contribution in [-0.2, 0) is 4.79 Å². The smallest absolute Gasteiger partial charge is 0.240 e. The van der Waals surface area contributed by atoms with Crippen molar-refractivity contribution in [1.29, 1.82) is 5.26 Å². The number of carbonyl (C=O) groups excluding carboxylic acids is 1. The molecule has 0 aromatic heterocycles. The van der Waals surface area contributed by atoms with E-state index in [1.54, 1.807) is 6.92 Å². The number of benzene rings is 1. The number of rotatable bonds is 5. The fraction of sp³-hybridized carbons (Fsp3) is 0.467. The minimum Gasteiger partial charge on any atom is -0.376 e. The summed E-state index contributed by atoms with van der Waals surface area (Å²) in [5.41, 5.74) is 1.24. The van der Waals surface area contributed by atoms with Crippen molar-refractivity contribution in [3.63, 3.8) is 0 Å². The number of anilines is 1. The lowest BCUT2D eigenvalue weighted by Gasteiger charge is -2.27.